The predicted octanol–water partition coefficient (Wildman–Crippen LogP) is 3.23. The Morgan fingerprint density at radius 2 is 1.44 bits per heavy atom. The van der Waals surface area contributed by atoms with E-state index in [9.17, 15) is 4.79 Å². The summed E-state index contributed by atoms with van der Waals surface area (Å²) in [5.74, 6) is 1.84. The van der Waals surface area contributed by atoms with Crippen molar-refractivity contribution >= 4 is 36.4 Å². The topological polar surface area (TPSA) is 49.6 Å². The van der Waals surface area contributed by atoms with Crippen LogP contribution in [0.5, 0.6) is 0 Å². The minimum absolute atomic E-state index is 0. The van der Waals surface area contributed by atoms with Crippen LogP contribution >= 0.6 is 24.8 Å². The summed E-state index contributed by atoms with van der Waals surface area (Å²) >= 11 is 0. The van der Waals surface area contributed by atoms with Gasteiger partial charge in [-0.3, -0.25) is 4.79 Å². The zero-order chi connectivity index (χ0) is 16.6. The molecule has 0 aliphatic heterocycles. The molecule has 4 atom stereocenters. The molecule has 0 spiro atoms. The van der Waals surface area contributed by atoms with Gasteiger partial charge in [0, 0.05) is 24.8 Å². The maximum Gasteiger partial charge on any atom is 0.226 e. The maximum atomic E-state index is 12.6. The number of benzene rings is 1. The Morgan fingerprint density at radius 1 is 0.960 bits per heavy atom. The van der Waals surface area contributed by atoms with E-state index in [0.29, 0.717) is 12.5 Å². The number of carbonyl (C=O) groups is 1. The summed E-state index contributed by atoms with van der Waals surface area (Å²) in [7, 11) is 6.35. The summed E-state index contributed by atoms with van der Waals surface area (Å²) < 4.78 is 0. The van der Waals surface area contributed by atoms with E-state index in [1.54, 1.807) is 0 Å². The standard InChI is InChI=1S/C19H29N3O.2ClH/c1-21(2)17-9-14-11-18(12-15(14)10-17)22(3)19(23)8-13-4-6-16(20)7-5-13;;/h4-7,14-15,17-18H,8-12,20H2,1-3H3;2*1H/t14-,15+,17?,18?;;. The Kier molecular flexibility index (Phi) is 8.04. The average molecular weight is 388 g/mol. The third kappa shape index (κ3) is 5.02. The van der Waals surface area contributed by atoms with Gasteiger partial charge in [0.2, 0.25) is 5.91 Å². The molecule has 4 nitrogen and oxygen atoms in total. The molecular formula is C19H31Cl2N3O. The van der Waals surface area contributed by atoms with E-state index in [1.807, 2.05) is 36.2 Å². The third-order valence-electron chi connectivity index (χ3n) is 5.97. The van der Waals surface area contributed by atoms with Crippen LogP contribution < -0.4 is 5.73 Å². The number of hydrogen-bond donors (Lipinski definition) is 1. The number of fused-ring (bicyclic) bond motifs is 1. The fourth-order valence-corrected chi connectivity index (χ4v) is 4.43. The van der Waals surface area contributed by atoms with Crippen molar-refractivity contribution in [1.29, 1.82) is 0 Å². The molecule has 142 valence electrons. The number of anilines is 1. The number of likely N-dealkylation sites (N-methyl/N-ethyl adjacent to an activating group) is 1. The van der Waals surface area contributed by atoms with E-state index in [-0.39, 0.29) is 30.7 Å². The summed E-state index contributed by atoms with van der Waals surface area (Å²) in [6, 6.07) is 8.79. The lowest BCUT2D eigenvalue weighted by molar-refractivity contribution is -0.131. The molecule has 2 fully saturated rings. The van der Waals surface area contributed by atoms with Crippen LogP contribution in [0.15, 0.2) is 24.3 Å². The Morgan fingerprint density at radius 3 is 1.92 bits per heavy atom. The lowest BCUT2D eigenvalue weighted by Crippen LogP contribution is -2.37. The van der Waals surface area contributed by atoms with Crippen LogP contribution in [0.1, 0.15) is 31.2 Å². The number of nitrogens with zero attached hydrogens (tertiary/aromatic N) is 2. The summed E-state index contributed by atoms with van der Waals surface area (Å²) in [5, 5.41) is 0. The molecule has 25 heavy (non-hydrogen) atoms. The van der Waals surface area contributed by atoms with Crippen molar-refractivity contribution in [2.45, 2.75) is 44.2 Å². The SMILES string of the molecule is CN(C)C1C[C@@H]2CC(N(C)C(=O)Cc3ccc(N)cc3)C[C@@H]2C1.Cl.Cl. The Labute approximate surface area is 163 Å². The zero-order valence-corrected chi connectivity index (χ0v) is 17.0. The first kappa shape index (κ1) is 22.1. The van der Waals surface area contributed by atoms with E-state index in [1.165, 1.54) is 25.7 Å². The quantitative estimate of drug-likeness (QED) is 0.806. The summed E-state index contributed by atoms with van der Waals surface area (Å²) in [5.41, 5.74) is 7.49. The zero-order valence-electron chi connectivity index (χ0n) is 15.4. The van der Waals surface area contributed by atoms with Gasteiger partial charge >= 0.3 is 0 Å². The van der Waals surface area contributed by atoms with Crippen molar-refractivity contribution in [2.75, 3.05) is 26.9 Å². The lowest BCUT2D eigenvalue weighted by atomic mass is 10.0. The number of halogens is 2. The van der Waals surface area contributed by atoms with Gasteiger partial charge in [0.05, 0.1) is 6.42 Å². The van der Waals surface area contributed by atoms with E-state index in [2.05, 4.69) is 19.0 Å². The number of rotatable bonds is 4. The molecule has 0 aromatic heterocycles. The second-order valence-corrected chi connectivity index (χ2v) is 7.66. The van der Waals surface area contributed by atoms with Crippen LogP contribution in [0.3, 0.4) is 0 Å². The smallest absolute Gasteiger partial charge is 0.226 e. The molecule has 3 rings (SSSR count). The number of amides is 1. The Balaban J connectivity index is 0.00000156. The highest BCUT2D eigenvalue weighted by Crippen LogP contribution is 2.46. The predicted molar refractivity (Wildman–Crippen MR) is 109 cm³/mol. The van der Waals surface area contributed by atoms with Gasteiger partial charge in [-0.2, -0.15) is 0 Å². The molecular weight excluding hydrogens is 357 g/mol. The van der Waals surface area contributed by atoms with Gasteiger partial charge in [-0.1, -0.05) is 12.1 Å². The van der Waals surface area contributed by atoms with E-state index >= 15 is 0 Å². The van der Waals surface area contributed by atoms with Gasteiger partial charge in [0.25, 0.3) is 0 Å². The molecule has 2 aliphatic carbocycles. The van der Waals surface area contributed by atoms with Gasteiger partial charge in [-0.05, 0) is 69.3 Å². The van der Waals surface area contributed by atoms with E-state index in [4.69, 9.17) is 5.73 Å². The average Bonchev–Trinajstić information content (AvgIpc) is 3.07. The largest absolute Gasteiger partial charge is 0.399 e. The van der Waals surface area contributed by atoms with Crippen molar-refractivity contribution < 1.29 is 4.79 Å². The molecule has 2 N–H and O–H groups in total. The summed E-state index contributed by atoms with van der Waals surface area (Å²) in [6.07, 6.45) is 5.43. The molecule has 2 aliphatic rings. The maximum absolute atomic E-state index is 12.6. The van der Waals surface area contributed by atoms with Gasteiger partial charge in [-0.25, -0.2) is 0 Å². The van der Waals surface area contributed by atoms with Gasteiger partial charge in [-0.15, -0.1) is 24.8 Å². The van der Waals surface area contributed by atoms with Crippen molar-refractivity contribution in [2.24, 2.45) is 11.8 Å². The number of hydrogen-bond acceptors (Lipinski definition) is 3. The van der Waals surface area contributed by atoms with Crippen molar-refractivity contribution in [3.05, 3.63) is 29.8 Å². The molecule has 1 aromatic rings. The van der Waals surface area contributed by atoms with Crippen LogP contribution in [0.2, 0.25) is 0 Å². The summed E-state index contributed by atoms with van der Waals surface area (Å²) in [4.78, 5) is 16.9. The van der Waals surface area contributed by atoms with E-state index in [0.717, 1.165) is 29.1 Å². The van der Waals surface area contributed by atoms with Gasteiger partial charge in [0.15, 0.2) is 0 Å². The minimum Gasteiger partial charge on any atom is -0.399 e. The molecule has 2 unspecified atom stereocenters. The van der Waals surface area contributed by atoms with Gasteiger partial charge in [0.1, 0.15) is 0 Å². The molecule has 1 aromatic carbocycles. The molecule has 0 saturated heterocycles. The minimum atomic E-state index is 0. The first-order valence-corrected chi connectivity index (χ1v) is 8.70. The Hall–Kier alpha value is -0.970. The number of carbonyl (C=O) groups excluding carboxylic acids is 1. The highest BCUT2D eigenvalue weighted by molar-refractivity contribution is 5.85. The monoisotopic (exact) mass is 387 g/mol. The first-order valence-electron chi connectivity index (χ1n) is 8.70. The molecule has 2 saturated carbocycles. The molecule has 0 heterocycles. The van der Waals surface area contributed by atoms with Crippen LogP contribution in [-0.2, 0) is 11.2 Å². The van der Waals surface area contributed by atoms with Crippen molar-refractivity contribution in [3.63, 3.8) is 0 Å². The highest BCUT2D eigenvalue weighted by atomic mass is 35.5. The number of nitrogens with two attached hydrogens (primary N) is 1. The molecule has 1 amide bonds. The summed E-state index contributed by atoms with van der Waals surface area (Å²) in [6.45, 7) is 0. The lowest BCUT2D eigenvalue weighted by Gasteiger charge is -2.27. The van der Waals surface area contributed by atoms with Crippen LogP contribution in [-0.4, -0.2) is 48.9 Å². The fourth-order valence-electron chi connectivity index (χ4n) is 4.43. The fraction of sp³-hybridized carbons (Fsp3) is 0.632. The van der Waals surface area contributed by atoms with Gasteiger partial charge < -0.3 is 15.5 Å². The normalized spacial score (nSPS) is 27.4. The van der Waals surface area contributed by atoms with Crippen LogP contribution in [0.25, 0.3) is 0 Å². The highest BCUT2D eigenvalue weighted by Gasteiger charge is 2.43. The molecule has 0 radical (unpaired) electrons. The van der Waals surface area contributed by atoms with Crippen LogP contribution in [0, 0.1) is 11.8 Å². The second kappa shape index (κ2) is 9.11. The number of nitrogen functional groups attached to an aromatic ring is 1. The van der Waals surface area contributed by atoms with Crippen molar-refractivity contribution in [3.8, 4) is 0 Å². The third-order valence-corrected chi connectivity index (χ3v) is 5.97. The molecule has 0 bridgehead atoms. The van der Waals surface area contributed by atoms with E-state index < -0.39 is 0 Å². The second-order valence-electron chi connectivity index (χ2n) is 7.66. The van der Waals surface area contributed by atoms with Crippen LogP contribution in [0.4, 0.5) is 5.69 Å². The first-order chi connectivity index (χ1) is 10.9. The Bertz CT molecular complexity index is 550. The molecule has 6 heteroatoms. The van der Waals surface area contributed by atoms with Crippen molar-refractivity contribution in [1.82, 2.24) is 9.80 Å².